The second-order valence-corrected chi connectivity index (χ2v) is 8.62. The standard InChI is InChI=1S/C14H14.C7H8O3S.C4H7NO4/c1-3-7-13(8-4-1)11-12-14-9-5-2-6-10-14;1-6-2-4-7(5-3-6)11(8,9)10;5-2(4(8)9)1-3(6)7/h1-10H,11-12H2;2-5H,1H3,(H,8,9,10);2H,1,5H2,(H,6,7)(H,8,9)/p-3/t;;2-/m..0/s1. The molecule has 0 aliphatic heterocycles. The van der Waals surface area contributed by atoms with Gasteiger partial charge < -0.3 is 30.1 Å². The highest BCUT2D eigenvalue weighted by atomic mass is 32.2. The zero-order valence-electron chi connectivity index (χ0n) is 18.6. The van der Waals surface area contributed by atoms with Crippen molar-refractivity contribution in [1.29, 1.82) is 0 Å². The third kappa shape index (κ3) is 12.5. The summed E-state index contributed by atoms with van der Waals surface area (Å²) in [7, 11) is -4.27. The number of carboxylic acid groups (broad SMARTS) is 2. The van der Waals surface area contributed by atoms with E-state index in [0.29, 0.717) is 0 Å². The number of aliphatic carboxylic acids is 2. The molecule has 3 aromatic carbocycles. The van der Waals surface area contributed by atoms with Crippen LogP contribution in [-0.4, -0.2) is 31.0 Å². The Bertz CT molecular complexity index is 1080. The van der Waals surface area contributed by atoms with Crippen LogP contribution in [0.3, 0.4) is 0 Å². The van der Waals surface area contributed by atoms with Crippen LogP contribution in [0.1, 0.15) is 23.1 Å². The fourth-order valence-electron chi connectivity index (χ4n) is 2.55. The van der Waals surface area contributed by atoms with Crippen molar-refractivity contribution in [3.8, 4) is 0 Å². The molecule has 0 radical (unpaired) electrons. The second-order valence-electron chi connectivity index (χ2n) is 7.24. The van der Waals surface area contributed by atoms with E-state index in [4.69, 9.17) is 5.73 Å². The monoisotopic (exact) mass is 484 g/mol. The van der Waals surface area contributed by atoms with Crippen LogP contribution in [0.15, 0.2) is 89.8 Å². The van der Waals surface area contributed by atoms with E-state index in [1.807, 2.05) is 6.92 Å². The maximum atomic E-state index is 10.4. The van der Waals surface area contributed by atoms with E-state index < -0.39 is 34.5 Å². The summed E-state index contributed by atoms with van der Waals surface area (Å²) < 4.78 is 31.2. The van der Waals surface area contributed by atoms with Crippen molar-refractivity contribution in [2.24, 2.45) is 5.73 Å². The molecule has 34 heavy (non-hydrogen) atoms. The first kappa shape index (κ1) is 28.5. The highest BCUT2D eigenvalue weighted by Crippen LogP contribution is 2.08. The SMILES string of the molecule is Cc1ccc(S(=O)(=O)[O-])cc1.N[C@@H](CC(=O)[O-])C(=O)[O-].c1ccc(CCc2ccccc2)cc1. The van der Waals surface area contributed by atoms with Gasteiger partial charge in [-0.2, -0.15) is 0 Å². The van der Waals surface area contributed by atoms with Gasteiger partial charge >= 0.3 is 0 Å². The van der Waals surface area contributed by atoms with Gasteiger partial charge in [0.25, 0.3) is 0 Å². The molecule has 0 fully saturated rings. The number of aryl methyl sites for hydroxylation is 3. The molecular weight excluding hydrogens is 458 g/mol. The van der Waals surface area contributed by atoms with E-state index in [0.717, 1.165) is 18.4 Å². The molecule has 0 spiro atoms. The zero-order chi connectivity index (χ0) is 25.6. The van der Waals surface area contributed by atoms with Gasteiger partial charge in [-0.3, -0.25) is 0 Å². The summed E-state index contributed by atoms with van der Waals surface area (Å²) in [5.41, 5.74) is 8.49. The van der Waals surface area contributed by atoms with Crippen molar-refractivity contribution < 1.29 is 32.8 Å². The lowest BCUT2D eigenvalue weighted by molar-refractivity contribution is -0.316. The Morgan fingerprint density at radius 2 is 1.21 bits per heavy atom. The Labute approximate surface area is 199 Å². The molecule has 8 nitrogen and oxygen atoms in total. The van der Waals surface area contributed by atoms with Crippen LogP contribution in [-0.2, 0) is 32.5 Å². The maximum absolute atomic E-state index is 10.4. The van der Waals surface area contributed by atoms with Crippen molar-refractivity contribution >= 4 is 22.1 Å². The minimum Gasteiger partial charge on any atom is -0.744 e. The molecule has 0 saturated carbocycles. The summed E-state index contributed by atoms with van der Waals surface area (Å²) >= 11 is 0. The lowest BCUT2D eigenvalue weighted by Gasteiger charge is -2.11. The van der Waals surface area contributed by atoms with E-state index in [2.05, 4.69) is 60.7 Å². The van der Waals surface area contributed by atoms with Gasteiger partial charge in [-0.25, -0.2) is 8.42 Å². The van der Waals surface area contributed by atoms with Crippen molar-refractivity contribution in [3.63, 3.8) is 0 Å². The van der Waals surface area contributed by atoms with E-state index in [1.54, 1.807) is 12.1 Å². The molecule has 2 N–H and O–H groups in total. The minimum atomic E-state index is -4.27. The van der Waals surface area contributed by atoms with Crippen LogP contribution in [0.25, 0.3) is 0 Å². The predicted molar refractivity (Wildman–Crippen MR) is 122 cm³/mol. The molecular formula is C25H26NO7S-3. The van der Waals surface area contributed by atoms with Crippen LogP contribution in [0.4, 0.5) is 0 Å². The van der Waals surface area contributed by atoms with Crippen LogP contribution in [0.5, 0.6) is 0 Å². The van der Waals surface area contributed by atoms with Crippen molar-refractivity contribution in [3.05, 3.63) is 102 Å². The summed E-state index contributed by atoms with van der Waals surface area (Å²) in [6.07, 6.45) is 1.55. The molecule has 0 amide bonds. The Morgan fingerprint density at radius 3 is 1.50 bits per heavy atom. The predicted octanol–water partition coefficient (Wildman–Crippen LogP) is 0.575. The molecule has 0 aromatic heterocycles. The minimum absolute atomic E-state index is 0.178. The molecule has 3 rings (SSSR count). The fourth-order valence-corrected chi connectivity index (χ4v) is 3.02. The van der Waals surface area contributed by atoms with Gasteiger partial charge in [-0.15, -0.1) is 0 Å². The normalized spacial score (nSPS) is 11.1. The number of carbonyl (C=O) groups excluding carboxylic acids is 2. The molecule has 0 unspecified atom stereocenters. The van der Waals surface area contributed by atoms with Crippen molar-refractivity contribution in [1.82, 2.24) is 0 Å². The third-order valence-corrected chi connectivity index (χ3v) is 5.24. The largest absolute Gasteiger partial charge is 0.744 e. The van der Waals surface area contributed by atoms with Crippen LogP contribution in [0, 0.1) is 6.92 Å². The quantitative estimate of drug-likeness (QED) is 0.476. The number of hydrogen-bond donors (Lipinski definition) is 1. The lowest BCUT2D eigenvalue weighted by atomic mass is 10.0. The van der Waals surface area contributed by atoms with Gasteiger partial charge in [0, 0.05) is 18.4 Å². The van der Waals surface area contributed by atoms with Crippen LogP contribution < -0.4 is 15.9 Å². The highest BCUT2D eigenvalue weighted by Gasteiger charge is 2.01. The summed E-state index contributed by atoms with van der Waals surface area (Å²) in [6.45, 7) is 1.82. The molecule has 0 heterocycles. The van der Waals surface area contributed by atoms with Gasteiger partial charge in [0.2, 0.25) is 0 Å². The molecule has 0 bridgehead atoms. The average molecular weight is 485 g/mol. The van der Waals surface area contributed by atoms with Gasteiger partial charge in [-0.05, 0) is 43.0 Å². The Balaban J connectivity index is 0.000000263. The highest BCUT2D eigenvalue weighted by molar-refractivity contribution is 7.85. The zero-order valence-corrected chi connectivity index (χ0v) is 19.4. The maximum Gasteiger partial charge on any atom is 0.124 e. The lowest BCUT2D eigenvalue weighted by Crippen LogP contribution is -2.45. The van der Waals surface area contributed by atoms with Crippen molar-refractivity contribution in [2.45, 2.75) is 37.1 Å². The van der Waals surface area contributed by atoms with Gasteiger partial charge in [-0.1, -0.05) is 78.4 Å². The Hall–Kier alpha value is -3.53. The van der Waals surface area contributed by atoms with Crippen LogP contribution >= 0.6 is 0 Å². The molecule has 9 heteroatoms. The van der Waals surface area contributed by atoms with Gasteiger partial charge in [0.15, 0.2) is 0 Å². The molecule has 182 valence electrons. The fraction of sp³-hybridized carbons (Fsp3) is 0.200. The first-order valence-corrected chi connectivity index (χ1v) is 11.7. The molecule has 3 aromatic rings. The Morgan fingerprint density at radius 1 is 0.794 bits per heavy atom. The third-order valence-electron chi connectivity index (χ3n) is 4.39. The number of rotatable bonds is 7. The van der Waals surface area contributed by atoms with Gasteiger partial charge in [0.05, 0.1) is 10.9 Å². The number of carboxylic acids is 2. The Kier molecular flexibility index (Phi) is 12.2. The molecule has 0 saturated heterocycles. The van der Waals surface area contributed by atoms with E-state index in [9.17, 15) is 32.8 Å². The number of nitrogens with two attached hydrogens (primary N) is 1. The second kappa shape index (κ2) is 14.6. The van der Waals surface area contributed by atoms with E-state index in [1.165, 1.54) is 23.3 Å². The van der Waals surface area contributed by atoms with Crippen molar-refractivity contribution in [2.75, 3.05) is 0 Å². The molecule has 0 aliphatic carbocycles. The van der Waals surface area contributed by atoms with E-state index in [-0.39, 0.29) is 4.90 Å². The first-order valence-electron chi connectivity index (χ1n) is 10.3. The number of carbonyl (C=O) groups is 2. The number of benzene rings is 3. The first-order chi connectivity index (χ1) is 16.0. The summed E-state index contributed by atoms with van der Waals surface area (Å²) in [4.78, 5) is 19.2. The smallest absolute Gasteiger partial charge is 0.124 e. The number of hydrogen-bond acceptors (Lipinski definition) is 8. The van der Waals surface area contributed by atoms with E-state index >= 15 is 0 Å². The topological polar surface area (TPSA) is 163 Å². The molecule has 1 atom stereocenters. The van der Waals surface area contributed by atoms with Crippen LogP contribution in [0.2, 0.25) is 0 Å². The van der Waals surface area contributed by atoms with Gasteiger partial charge in [0.1, 0.15) is 10.1 Å². The summed E-state index contributed by atoms with van der Waals surface area (Å²) in [5.74, 6) is -3.08. The summed E-state index contributed by atoms with van der Waals surface area (Å²) in [5, 5.41) is 19.3. The molecule has 0 aliphatic rings. The average Bonchev–Trinajstić information content (AvgIpc) is 2.79. The summed E-state index contributed by atoms with van der Waals surface area (Å²) in [6, 6.07) is 25.6.